The fourth-order valence-electron chi connectivity index (χ4n) is 3.97. The molecule has 2 rings (SSSR count). The predicted molar refractivity (Wildman–Crippen MR) is 163 cm³/mol. The Hall–Kier alpha value is -2.53. The summed E-state index contributed by atoms with van der Waals surface area (Å²) in [7, 11) is -3.81. The molecule has 4 N–H and O–H groups in total. The summed E-state index contributed by atoms with van der Waals surface area (Å²) in [6.07, 6.45) is 1.70. The lowest BCUT2D eigenvalue weighted by Crippen LogP contribution is -2.53. The number of para-hydroxylation sites is 1. The van der Waals surface area contributed by atoms with Gasteiger partial charge in [-0.2, -0.15) is 0 Å². The third-order valence-electron chi connectivity index (χ3n) is 5.66. The van der Waals surface area contributed by atoms with Crippen molar-refractivity contribution in [2.45, 2.75) is 70.4 Å². The largest absolute Gasteiger partial charge is 0.333 e. The number of anilines is 1. The number of hydrogen-bond acceptors (Lipinski definition) is 4. The molecular weight excluding hydrogens is 573 g/mol. The highest BCUT2D eigenvalue weighted by molar-refractivity contribution is 7.89. The van der Waals surface area contributed by atoms with Crippen LogP contribution in [-0.4, -0.2) is 56.6 Å². The molecule has 40 heavy (non-hydrogen) atoms. The van der Waals surface area contributed by atoms with Crippen LogP contribution in [0.3, 0.4) is 0 Å². The number of urea groups is 2. The van der Waals surface area contributed by atoms with Crippen LogP contribution in [0.5, 0.6) is 0 Å². The molecule has 0 spiro atoms. The minimum atomic E-state index is -3.81. The first-order chi connectivity index (χ1) is 18.7. The first-order valence-electron chi connectivity index (χ1n) is 13.3. The smallest absolute Gasteiger partial charge is 0.319 e. The predicted octanol–water partition coefficient (Wildman–Crippen LogP) is 6.10. The minimum absolute atomic E-state index is 0.0406. The molecule has 0 saturated heterocycles. The standard InChI is InChI=1S/C28H41Cl2N5O4S/c1-20(2)17-23(33-26(36)32-22-11-7-6-8-12-22)19-35(27(37)34-28(3,4)5)16-10-9-15-31-40(38,39)25-14-13-21(29)18-24(25)30/h6-8,11-14,18,20,23,31H,9-10,15-17,19H2,1-5H3,(H,34,37)(H2,32,33,36)/t23-/m1/s1. The van der Waals surface area contributed by atoms with Crippen LogP contribution in [-0.2, 0) is 10.0 Å². The number of hydrogen-bond donors (Lipinski definition) is 4. The molecule has 2 aromatic carbocycles. The number of amides is 4. The van der Waals surface area contributed by atoms with Gasteiger partial charge in [0, 0.05) is 41.9 Å². The van der Waals surface area contributed by atoms with Gasteiger partial charge in [0.2, 0.25) is 10.0 Å². The van der Waals surface area contributed by atoms with Crippen LogP contribution in [0.25, 0.3) is 0 Å². The Morgan fingerprint density at radius 1 is 1.00 bits per heavy atom. The van der Waals surface area contributed by atoms with Crippen molar-refractivity contribution in [3.63, 3.8) is 0 Å². The van der Waals surface area contributed by atoms with E-state index >= 15 is 0 Å². The molecule has 1 atom stereocenters. The summed E-state index contributed by atoms with van der Waals surface area (Å²) in [4.78, 5) is 27.5. The van der Waals surface area contributed by atoms with Gasteiger partial charge in [0.05, 0.1) is 5.02 Å². The normalized spacial score (nSPS) is 12.6. The number of nitrogens with zero attached hydrogens (tertiary/aromatic N) is 1. The van der Waals surface area contributed by atoms with Gasteiger partial charge in [0.15, 0.2) is 0 Å². The Balaban J connectivity index is 2.02. The zero-order valence-electron chi connectivity index (χ0n) is 23.8. The fraction of sp³-hybridized carbons (Fsp3) is 0.500. The van der Waals surface area contributed by atoms with Gasteiger partial charge in [0.25, 0.3) is 0 Å². The van der Waals surface area contributed by atoms with Gasteiger partial charge in [-0.05, 0) is 76.3 Å². The average Bonchev–Trinajstić information content (AvgIpc) is 2.81. The first kappa shape index (κ1) is 33.7. The van der Waals surface area contributed by atoms with Crippen molar-refractivity contribution >= 4 is 51.0 Å². The van der Waals surface area contributed by atoms with Gasteiger partial charge in [-0.15, -0.1) is 0 Å². The van der Waals surface area contributed by atoms with E-state index in [0.29, 0.717) is 43.1 Å². The molecular formula is C28H41Cl2N5O4S. The van der Waals surface area contributed by atoms with E-state index in [9.17, 15) is 18.0 Å². The third kappa shape index (κ3) is 12.3. The minimum Gasteiger partial charge on any atom is -0.333 e. The van der Waals surface area contributed by atoms with Crippen LogP contribution in [0, 0.1) is 5.92 Å². The van der Waals surface area contributed by atoms with Gasteiger partial charge in [0.1, 0.15) is 4.90 Å². The molecule has 0 bridgehead atoms. The Morgan fingerprint density at radius 3 is 2.27 bits per heavy atom. The molecule has 0 unspecified atom stereocenters. The lowest BCUT2D eigenvalue weighted by Gasteiger charge is -2.32. The van der Waals surface area contributed by atoms with E-state index < -0.39 is 15.6 Å². The SMILES string of the molecule is CC(C)C[C@H](CN(CCCCNS(=O)(=O)c1ccc(Cl)cc1Cl)C(=O)NC(C)(C)C)NC(=O)Nc1ccccc1. The van der Waals surface area contributed by atoms with Crippen molar-refractivity contribution < 1.29 is 18.0 Å². The highest BCUT2D eigenvalue weighted by Gasteiger charge is 2.24. The maximum Gasteiger partial charge on any atom is 0.319 e. The quantitative estimate of drug-likeness (QED) is 0.204. The molecule has 4 amide bonds. The summed E-state index contributed by atoms with van der Waals surface area (Å²) in [6.45, 7) is 10.7. The second-order valence-corrected chi connectivity index (χ2v) is 13.7. The third-order valence-corrected chi connectivity index (χ3v) is 7.84. The molecule has 0 fully saturated rings. The van der Waals surface area contributed by atoms with E-state index in [1.165, 1.54) is 18.2 Å². The van der Waals surface area contributed by atoms with E-state index in [0.717, 1.165) is 0 Å². The van der Waals surface area contributed by atoms with Crippen LogP contribution >= 0.6 is 23.2 Å². The Morgan fingerprint density at radius 2 is 1.68 bits per heavy atom. The second-order valence-electron chi connectivity index (χ2n) is 11.1. The van der Waals surface area contributed by atoms with Gasteiger partial charge in [-0.25, -0.2) is 22.7 Å². The van der Waals surface area contributed by atoms with Crippen molar-refractivity contribution in [1.82, 2.24) is 20.3 Å². The number of benzene rings is 2. The monoisotopic (exact) mass is 613 g/mol. The van der Waals surface area contributed by atoms with Crippen molar-refractivity contribution in [3.05, 3.63) is 58.6 Å². The average molecular weight is 615 g/mol. The van der Waals surface area contributed by atoms with E-state index in [2.05, 4.69) is 34.5 Å². The summed E-state index contributed by atoms with van der Waals surface area (Å²) < 4.78 is 27.9. The first-order valence-corrected chi connectivity index (χ1v) is 15.5. The molecule has 0 radical (unpaired) electrons. The van der Waals surface area contributed by atoms with E-state index in [1.807, 2.05) is 39.0 Å². The molecule has 9 nitrogen and oxygen atoms in total. The van der Waals surface area contributed by atoms with Crippen molar-refractivity contribution in [2.24, 2.45) is 5.92 Å². The number of carbonyl (C=O) groups excluding carboxylic acids is 2. The van der Waals surface area contributed by atoms with Crippen molar-refractivity contribution in [1.29, 1.82) is 0 Å². The number of sulfonamides is 1. The summed E-state index contributed by atoms with van der Waals surface area (Å²) in [5.74, 6) is 0.281. The van der Waals surface area contributed by atoms with Crippen LogP contribution < -0.4 is 20.7 Å². The van der Waals surface area contributed by atoms with Crippen LogP contribution in [0.1, 0.15) is 53.9 Å². The number of rotatable bonds is 13. The fourth-order valence-corrected chi connectivity index (χ4v) is 5.81. The molecule has 0 saturated carbocycles. The van der Waals surface area contributed by atoms with Gasteiger partial charge in [-0.3, -0.25) is 0 Å². The van der Waals surface area contributed by atoms with E-state index in [4.69, 9.17) is 23.2 Å². The molecule has 0 aliphatic heterocycles. The van der Waals surface area contributed by atoms with Crippen LogP contribution in [0.15, 0.2) is 53.4 Å². The zero-order valence-corrected chi connectivity index (χ0v) is 26.1. The lowest BCUT2D eigenvalue weighted by atomic mass is 10.0. The Labute approximate surface area is 248 Å². The van der Waals surface area contributed by atoms with E-state index in [1.54, 1.807) is 17.0 Å². The molecule has 0 heterocycles. The van der Waals surface area contributed by atoms with Gasteiger partial charge < -0.3 is 20.9 Å². The van der Waals surface area contributed by atoms with Crippen molar-refractivity contribution in [3.8, 4) is 0 Å². The van der Waals surface area contributed by atoms with E-state index in [-0.39, 0.29) is 40.5 Å². The van der Waals surface area contributed by atoms with Crippen LogP contribution in [0.2, 0.25) is 10.0 Å². The summed E-state index contributed by atoms with van der Waals surface area (Å²) in [5.41, 5.74) is 0.224. The zero-order chi connectivity index (χ0) is 29.9. The van der Waals surface area contributed by atoms with Crippen LogP contribution in [0.4, 0.5) is 15.3 Å². The number of nitrogens with one attached hydrogen (secondary N) is 4. The molecule has 222 valence electrons. The van der Waals surface area contributed by atoms with Gasteiger partial charge >= 0.3 is 12.1 Å². The summed E-state index contributed by atoms with van der Waals surface area (Å²) in [6, 6.07) is 12.5. The molecule has 0 aromatic heterocycles. The molecule has 2 aromatic rings. The lowest BCUT2D eigenvalue weighted by molar-refractivity contribution is 0.177. The molecule has 0 aliphatic carbocycles. The van der Waals surface area contributed by atoms with Crippen molar-refractivity contribution in [2.75, 3.05) is 25.0 Å². The summed E-state index contributed by atoms with van der Waals surface area (Å²) >= 11 is 11.9. The van der Waals surface area contributed by atoms with Gasteiger partial charge in [-0.1, -0.05) is 55.2 Å². The Kier molecular flexibility index (Phi) is 13.0. The maximum atomic E-state index is 13.2. The summed E-state index contributed by atoms with van der Waals surface area (Å²) in [5, 5.41) is 9.22. The molecule has 0 aliphatic rings. The molecule has 12 heteroatoms. The highest BCUT2D eigenvalue weighted by atomic mass is 35.5. The number of unbranched alkanes of at least 4 members (excludes halogenated alkanes) is 1. The number of halogens is 2. The Bertz CT molecular complexity index is 1220. The topological polar surface area (TPSA) is 120 Å². The second kappa shape index (κ2) is 15.5. The number of carbonyl (C=O) groups is 2. The maximum absolute atomic E-state index is 13.2. The highest BCUT2D eigenvalue weighted by Crippen LogP contribution is 2.24.